The highest BCUT2D eigenvalue weighted by atomic mass is 16.1. The van der Waals surface area contributed by atoms with Gasteiger partial charge in [0.15, 0.2) is 0 Å². The number of para-hydroxylation sites is 1. The van der Waals surface area contributed by atoms with Crippen LogP contribution in [0.4, 0.5) is 0 Å². The summed E-state index contributed by atoms with van der Waals surface area (Å²) in [5, 5.41) is 4.04. The largest absolute Gasteiger partial charge is 0.351 e. The average molecular weight is 326 g/mol. The fourth-order valence-electron chi connectivity index (χ4n) is 2.92. The van der Waals surface area contributed by atoms with Crippen molar-refractivity contribution >= 4 is 16.8 Å². The van der Waals surface area contributed by atoms with Crippen LogP contribution < -0.4 is 5.32 Å². The third-order valence-corrected chi connectivity index (χ3v) is 4.40. The van der Waals surface area contributed by atoms with Crippen LogP contribution in [0.2, 0.25) is 0 Å². The van der Waals surface area contributed by atoms with E-state index in [0.717, 1.165) is 23.9 Å². The highest BCUT2D eigenvalue weighted by Crippen LogP contribution is 2.12. The van der Waals surface area contributed by atoms with Gasteiger partial charge in [-0.3, -0.25) is 4.79 Å². The standard InChI is InChI=1S/C21H30N2O/c1-2-3-4-5-6-7-8-9-12-17-22-21(24)20-16-15-18-13-10-11-14-19(18)23-20/h10-11,13-16H,2-9,12,17H2,1H3,(H,22,24). The summed E-state index contributed by atoms with van der Waals surface area (Å²) in [4.78, 5) is 16.6. The molecule has 1 aromatic heterocycles. The SMILES string of the molecule is CCCCCCCCCCCNC(=O)c1ccc2ccccc2n1. The number of carbonyl (C=O) groups is 1. The van der Waals surface area contributed by atoms with Gasteiger partial charge in [0, 0.05) is 11.9 Å². The number of hydrogen-bond acceptors (Lipinski definition) is 2. The Morgan fingerprint density at radius 3 is 2.29 bits per heavy atom. The first-order chi connectivity index (χ1) is 11.8. The van der Waals surface area contributed by atoms with Crippen molar-refractivity contribution in [3.63, 3.8) is 0 Å². The fourth-order valence-corrected chi connectivity index (χ4v) is 2.92. The van der Waals surface area contributed by atoms with E-state index in [0.29, 0.717) is 5.69 Å². The number of hydrogen-bond donors (Lipinski definition) is 1. The van der Waals surface area contributed by atoms with Crippen LogP contribution >= 0.6 is 0 Å². The molecule has 3 nitrogen and oxygen atoms in total. The van der Waals surface area contributed by atoms with Crippen LogP contribution in [0.15, 0.2) is 36.4 Å². The van der Waals surface area contributed by atoms with Gasteiger partial charge in [-0.05, 0) is 18.6 Å². The van der Waals surface area contributed by atoms with E-state index >= 15 is 0 Å². The Morgan fingerprint density at radius 2 is 1.54 bits per heavy atom. The molecule has 130 valence electrons. The maximum atomic E-state index is 12.2. The van der Waals surface area contributed by atoms with Crippen molar-refractivity contribution in [3.8, 4) is 0 Å². The predicted molar refractivity (Wildman–Crippen MR) is 101 cm³/mol. The molecule has 1 aromatic carbocycles. The summed E-state index contributed by atoms with van der Waals surface area (Å²) in [6.45, 7) is 2.99. The van der Waals surface area contributed by atoms with Gasteiger partial charge in [0.1, 0.15) is 5.69 Å². The minimum absolute atomic E-state index is 0.0691. The summed E-state index contributed by atoms with van der Waals surface area (Å²) in [5.41, 5.74) is 1.37. The third kappa shape index (κ3) is 6.31. The Morgan fingerprint density at radius 1 is 0.875 bits per heavy atom. The number of rotatable bonds is 11. The smallest absolute Gasteiger partial charge is 0.269 e. The molecule has 0 saturated heterocycles. The molecule has 0 spiro atoms. The second-order valence-electron chi connectivity index (χ2n) is 6.47. The topological polar surface area (TPSA) is 42.0 Å². The van der Waals surface area contributed by atoms with Crippen molar-refractivity contribution in [2.45, 2.75) is 64.7 Å². The van der Waals surface area contributed by atoms with E-state index in [1.54, 1.807) is 6.07 Å². The van der Waals surface area contributed by atoms with Gasteiger partial charge in [0.05, 0.1) is 5.52 Å². The number of benzene rings is 1. The van der Waals surface area contributed by atoms with E-state index in [9.17, 15) is 4.79 Å². The highest BCUT2D eigenvalue weighted by molar-refractivity contribution is 5.94. The van der Waals surface area contributed by atoms with E-state index in [4.69, 9.17) is 0 Å². The molecule has 3 heteroatoms. The molecule has 1 N–H and O–H groups in total. The lowest BCUT2D eigenvalue weighted by molar-refractivity contribution is 0.0948. The lowest BCUT2D eigenvalue weighted by atomic mass is 10.1. The summed E-state index contributed by atoms with van der Waals surface area (Å²) in [6.07, 6.45) is 11.6. The molecule has 0 saturated carbocycles. The van der Waals surface area contributed by atoms with Gasteiger partial charge in [-0.15, -0.1) is 0 Å². The van der Waals surface area contributed by atoms with Gasteiger partial charge in [-0.1, -0.05) is 82.6 Å². The molecule has 2 rings (SSSR count). The number of aromatic nitrogens is 1. The van der Waals surface area contributed by atoms with Crippen molar-refractivity contribution < 1.29 is 4.79 Å². The summed E-state index contributed by atoms with van der Waals surface area (Å²) in [6, 6.07) is 11.6. The molecule has 0 atom stereocenters. The molecule has 2 aromatic rings. The first-order valence-electron chi connectivity index (χ1n) is 9.45. The molecule has 0 unspecified atom stereocenters. The van der Waals surface area contributed by atoms with E-state index in [-0.39, 0.29) is 5.91 Å². The van der Waals surface area contributed by atoms with Crippen LogP contribution in [0.25, 0.3) is 10.9 Å². The lowest BCUT2D eigenvalue weighted by Gasteiger charge is -2.06. The van der Waals surface area contributed by atoms with Crippen LogP contribution in [-0.4, -0.2) is 17.4 Å². The number of nitrogens with one attached hydrogen (secondary N) is 1. The van der Waals surface area contributed by atoms with E-state index in [1.165, 1.54) is 51.4 Å². The van der Waals surface area contributed by atoms with Crippen molar-refractivity contribution in [3.05, 3.63) is 42.1 Å². The zero-order chi connectivity index (χ0) is 17.0. The minimum atomic E-state index is -0.0691. The summed E-state index contributed by atoms with van der Waals surface area (Å²) in [7, 11) is 0. The fraction of sp³-hybridized carbons (Fsp3) is 0.524. The van der Waals surface area contributed by atoms with Crippen molar-refractivity contribution in [1.82, 2.24) is 10.3 Å². The van der Waals surface area contributed by atoms with Crippen LogP contribution in [0, 0.1) is 0 Å². The van der Waals surface area contributed by atoms with Gasteiger partial charge in [0.2, 0.25) is 0 Å². The summed E-state index contributed by atoms with van der Waals surface area (Å²) >= 11 is 0. The van der Waals surface area contributed by atoms with Gasteiger partial charge >= 0.3 is 0 Å². The molecule has 0 radical (unpaired) electrons. The van der Waals surface area contributed by atoms with E-state index in [2.05, 4.69) is 17.2 Å². The second kappa shape index (κ2) is 10.8. The van der Waals surface area contributed by atoms with Gasteiger partial charge in [-0.2, -0.15) is 0 Å². The number of fused-ring (bicyclic) bond motifs is 1. The first-order valence-corrected chi connectivity index (χ1v) is 9.45. The Labute approximate surface area is 145 Å². The zero-order valence-corrected chi connectivity index (χ0v) is 14.9. The molecule has 1 heterocycles. The van der Waals surface area contributed by atoms with E-state index in [1.807, 2.05) is 30.3 Å². The van der Waals surface area contributed by atoms with Crippen LogP contribution in [0.1, 0.15) is 75.2 Å². The maximum absolute atomic E-state index is 12.2. The Kier molecular flexibility index (Phi) is 8.29. The third-order valence-electron chi connectivity index (χ3n) is 4.40. The number of pyridine rings is 1. The van der Waals surface area contributed by atoms with Crippen LogP contribution in [0.3, 0.4) is 0 Å². The monoisotopic (exact) mass is 326 g/mol. The number of unbranched alkanes of at least 4 members (excludes halogenated alkanes) is 8. The molecule has 24 heavy (non-hydrogen) atoms. The molecular weight excluding hydrogens is 296 g/mol. The molecule has 1 amide bonds. The number of nitrogens with zero attached hydrogens (tertiary/aromatic N) is 1. The molecule has 0 aliphatic heterocycles. The molecule has 0 fully saturated rings. The van der Waals surface area contributed by atoms with Crippen LogP contribution in [0.5, 0.6) is 0 Å². The Hall–Kier alpha value is -1.90. The lowest BCUT2D eigenvalue weighted by Crippen LogP contribution is -2.25. The first kappa shape index (κ1) is 18.4. The quantitative estimate of drug-likeness (QED) is 0.554. The minimum Gasteiger partial charge on any atom is -0.351 e. The summed E-state index contributed by atoms with van der Waals surface area (Å²) < 4.78 is 0. The second-order valence-corrected chi connectivity index (χ2v) is 6.47. The van der Waals surface area contributed by atoms with Crippen LogP contribution in [-0.2, 0) is 0 Å². The summed E-state index contributed by atoms with van der Waals surface area (Å²) in [5.74, 6) is -0.0691. The van der Waals surface area contributed by atoms with Crippen molar-refractivity contribution in [2.24, 2.45) is 0 Å². The molecule has 0 bridgehead atoms. The zero-order valence-electron chi connectivity index (χ0n) is 14.9. The Bertz CT molecular complexity index is 624. The van der Waals surface area contributed by atoms with Gasteiger partial charge in [-0.25, -0.2) is 4.98 Å². The van der Waals surface area contributed by atoms with Gasteiger partial charge in [0.25, 0.3) is 5.91 Å². The predicted octanol–water partition coefficient (Wildman–Crippen LogP) is 5.50. The molecular formula is C21H30N2O. The highest BCUT2D eigenvalue weighted by Gasteiger charge is 2.07. The maximum Gasteiger partial charge on any atom is 0.269 e. The average Bonchev–Trinajstić information content (AvgIpc) is 2.62. The van der Waals surface area contributed by atoms with E-state index < -0.39 is 0 Å². The normalized spacial score (nSPS) is 10.9. The Balaban J connectivity index is 1.59. The molecule has 0 aliphatic rings. The number of carbonyl (C=O) groups excluding carboxylic acids is 1. The number of amides is 1. The van der Waals surface area contributed by atoms with Crippen molar-refractivity contribution in [2.75, 3.05) is 6.54 Å². The van der Waals surface area contributed by atoms with Crippen molar-refractivity contribution in [1.29, 1.82) is 0 Å². The van der Waals surface area contributed by atoms with Gasteiger partial charge < -0.3 is 5.32 Å². The molecule has 0 aliphatic carbocycles.